The molecular weight excluding hydrogens is 309 g/mol. The van der Waals surface area contributed by atoms with Crippen LogP contribution in [0.1, 0.15) is 24.9 Å². The van der Waals surface area contributed by atoms with Gasteiger partial charge in [0.25, 0.3) is 0 Å². The third kappa shape index (κ3) is 3.47. The largest absolute Gasteiger partial charge is 0.508 e. The fourth-order valence-corrected chi connectivity index (χ4v) is 2.16. The van der Waals surface area contributed by atoms with E-state index in [9.17, 15) is 9.50 Å². The number of anilines is 1. The maximum atomic E-state index is 13.5. The zero-order chi connectivity index (χ0) is 13.8. The highest BCUT2D eigenvalue weighted by Crippen LogP contribution is 2.26. The van der Waals surface area contributed by atoms with E-state index in [4.69, 9.17) is 0 Å². The van der Waals surface area contributed by atoms with Crippen LogP contribution in [0.5, 0.6) is 5.75 Å². The van der Waals surface area contributed by atoms with Crippen molar-refractivity contribution in [3.05, 3.63) is 58.3 Å². The van der Waals surface area contributed by atoms with Crippen molar-refractivity contribution in [3.63, 3.8) is 0 Å². The Morgan fingerprint density at radius 1 is 1.21 bits per heavy atom. The molecule has 0 aliphatic carbocycles. The molecule has 100 valence electrons. The van der Waals surface area contributed by atoms with E-state index in [0.29, 0.717) is 4.47 Å². The number of aromatic hydroxyl groups is 1. The van der Waals surface area contributed by atoms with Gasteiger partial charge in [0.05, 0.1) is 10.5 Å². The second-order valence-corrected chi connectivity index (χ2v) is 5.18. The van der Waals surface area contributed by atoms with Gasteiger partial charge in [-0.25, -0.2) is 4.39 Å². The predicted molar refractivity (Wildman–Crippen MR) is 78.9 cm³/mol. The lowest BCUT2D eigenvalue weighted by atomic mass is 10.0. The molecule has 0 spiro atoms. The molecule has 0 saturated carbocycles. The third-order valence-corrected chi connectivity index (χ3v) is 3.61. The molecule has 0 amide bonds. The highest BCUT2D eigenvalue weighted by atomic mass is 79.9. The van der Waals surface area contributed by atoms with Crippen LogP contribution in [-0.2, 0) is 0 Å². The van der Waals surface area contributed by atoms with Crippen molar-refractivity contribution in [1.82, 2.24) is 0 Å². The van der Waals surface area contributed by atoms with Gasteiger partial charge in [0.15, 0.2) is 0 Å². The topological polar surface area (TPSA) is 32.3 Å². The summed E-state index contributed by atoms with van der Waals surface area (Å²) in [7, 11) is 0. The summed E-state index contributed by atoms with van der Waals surface area (Å²) in [6, 6.07) is 12.1. The van der Waals surface area contributed by atoms with E-state index in [1.54, 1.807) is 18.2 Å². The maximum Gasteiger partial charge on any atom is 0.139 e. The minimum absolute atomic E-state index is 0.0844. The van der Waals surface area contributed by atoms with Gasteiger partial charge in [-0.15, -0.1) is 0 Å². The van der Waals surface area contributed by atoms with Crippen LogP contribution < -0.4 is 5.32 Å². The summed E-state index contributed by atoms with van der Waals surface area (Å²) in [5.41, 5.74) is 1.80. The average molecular weight is 324 g/mol. The minimum atomic E-state index is -0.287. The van der Waals surface area contributed by atoms with Crippen LogP contribution in [0.2, 0.25) is 0 Å². The first-order valence-electron chi connectivity index (χ1n) is 6.10. The third-order valence-electron chi connectivity index (χ3n) is 2.96. The molecular formula is C15H15BrFNO. The Balaban J connectivity index is 2.18. The SMILES string of the molecule is CCC(Nc1ccc(Br)c(F)c1)c1ccc(O)cc1. The number of hydrogen-bond donors (Lipinski definition) is 2. The summed E-state index contributed by atoms with van der Waals surface area (Å²) in [6.45, 7) is 2.06. The molecule has 0 aromatic heterocycles. The fourth-order valence-electron chi connectivity index (χ4n) is 1.91. The molecule has 0 fully saturated rings. The van der Waals surface area contributed by atoms with Gasteiger partial charge in [-0.3, -0.25) is 0 Å². The second-order valence-electron chi connectivity index (χ2n) is 4.33. The molecule has 0 aliphatic rings. The molecule has 19 heavy (non-hydrogen) atoms. The molecule has 2 aromatic carbocycles. The molecule has 0 radical (unpaired) electrons. The molecule has 0 saturated heterocycles. The van der Waals surface area contributed by atoms with Crippen molar-refractivity contribution in [2.75, 3.05) is 5.32 Å². The van der Waals surface area contributed by atoms with E-state index >= 15 is 0 Å². The van der Waals surface area contributed by atoms with Crippen LogP contribution in [0.25, 0.3) is 0 Å². The molecule has 2 rings (SSSR count). The average Bonchev–Trinajstić information content (AvgIpc) is 2.41. The fraction of sp³-hybridized carbons (Fsp3) is 0.200. The summed E-state index contributed by atoms with van der Waals surface area (Å²) in [4.78, 5) is 0. The van der Waals surface area contributed by atoms with Gasteiger partial charge in [-0.05, 0) is 58.2 Å². The van der Waals surface area contributed by atoms with Crippen LogP contribution in [0, 0.1) is 5.82 Å². The van der Waals surface area contributed by atoms with Gasteiger partial charge in [0, 0.05) is 5.69 Å². The number of rotatable bonds is 4. The summed E-state index contributed by atoms with van der Waals surface area (Å²) >= 11 is 3.13. The Kier molecular flexibility index (Phi) is 4.43. The number of hydrogen-bond acceptors (Lipinski definition) is 2. The zero-order valence-corrected chi connectivity index (χ0v) is 12.1. The van der Waals surface area contributed by atoms with E-state index in [2.05, 4.69) is 28.2 Å². The lowest BCUT2D eigenvalue weighted by Gasteiger charge is -2.19. The molecule has 2 aromatic rings. The van der Waals surface area contributed by atoms with E-state index in [1.807, 2.05) is 18.2 Å². The lowest BCUT2D eigenvalue weighted by Crippen LogP contribution is -2.09. The van der Waals surface area contributed by atoms with Gasteiger partial charge in [-0.1, -0.05) is 19.1 Å². The van der Waals surface area contributed by atoms with Crippen molar-refractivity contribution >= 4 is 21.6 Å². The first-order chi connectivity index (χ1) is 9.10. The van der Waals surface area contributed by atoms with Crippen molar-refractivity contribution in [3.8, 4) is 5.75 Å². The van der Waals surface area contributed by atoms with Crippen LogP contribution in [0.4, 0.5) is 10.1 Å². The lowest BCUT2D eigenvalue weighted by molar-refractivity contribution is 0.475. The van der Waals surface area contributed by atoms with Gasteiger partial charge < -0.3 is 10.4 Å². The van der Waals surface area contributed by atoms with Crippen molar-refractivity contribution in [2.45, 2.75) is 19.4 Å². The van der Waals surface area contributed by atoms with Crippen LogP contribution in [0.3, 0.4) is 0 Å². The minimum Gasteiger partial charge on any atom is -0.508 e. The number of nitrogens with one attached hydrogen (secondary N) is 1. The second kappa shape index (κ2) is 6.06. The predicted octanol–water partition coefficient (Wildman–Crippen LogP) is 4.86. The Labute approximate surface area is 120 Å². The van der Waals surface area contributed by atoms with Crippen LogP contribution in [-0.4, -0.2) is 5.11 Å². The Morgan fingerprint density at radius 3 is 2.47 bits per heavy atom. The van der Waals surface area contributed by atoms with Crippen LogP contribution >= 0.6 is 15.9 Å². The van der Waals surface area contributed by atoms with Crippen molar-refractivity contribution in [2.24, 2.45) is 0 Å². The van der Waals surface area contributed by atoms with Crippen molar-refractivity contribution in [1.29, 1.82) is 0 Å². The number of benzene rings is 2. The number of phenols is 1. The maximum absolute atomic E-state index is 13.5. The zero-order valence-electron chi connectivity index (χ0n) is 10.5. The smallest absolute Gasteiger partial charge is 0.139 e. The molecule has 4 heteroatoms. The molecule has 2 nitrogen and oxygen atoms in total. The van der Waals surface area contributed by atoms with Crippen LogP contribution in [0.15, 0.2) is 46.9 Å². The first-order valence-corrected chi connectivity index (χ1v) is 6.90. The normalized spacial score (nSPS) is 12.2. The first kappa shape index (κ1) is 13.9. The molecule has 1 unspecified atom stereocenters. The van der Waals surface area contributed by atoms with Gasteiger partial charge in [0.1, 0.15) is 11.6 Å². The molecule has 0 aliphatic heterocycles. The molecule has 1 atom stereocenters. The monoisotopic (exact) mass is 323 g/mol. The van der Waals surface area contributed by atoms with Gasteiger partial charge in [-0.2, -0.15) is 0 Å². The Morgan fingerprint density at radius 2 is 1.89 bits per heavy atom. The summed E-state index contributed by atoms with van der Waals surface area (Å²) < 4.78 is 13.9. The highest BCUT2D eigenvalue weighted by Gasteiger charge is 2.10. The van der Waals surface area contributed by atoms with E-state index < -0.39 is 0 Å². The number of halogens is 2. The van der Waals surface area contributed by atoms with Crippen molar-refractivity contribution < 1.29 is 9.50 Å². The van der Waals surface area contributed by atoms with E-state index in [-0.39, 0.29) is 17.6 Å². The quantitative estimate of drug-likeness (QED) is 0.842. The van der Waals surface area contributed by atoms with E-state index in [0.717, 1.165) is 17.7 Å². The summed E-state index contributed by atoms with van der Waals surface area (Å²) in [6.07, 6.45) is 0.864. The summed E-state index contributed by atoms with van der Waals surface area (Å²) in [5.74, 6) is -0.0427. The van der Waals surface area contributed by atoms with Gasteiger partial charge in [0.2, 0.25) is 0 Å². The van der Waals surface area contributed by atoms with Gasteiger partial charge >= 0.3 is 0 Å². The molecule has 0 bridgehead atoms. The Bertz CT molecular complexity index is 557. The molecule has 2 N–H and O–H groups in total. The summed E-state index contributed by atoms with van der Waals surface area (Å²) in [5, 5.41) is 12.6. The van der Waals surface area contributed by atoms with E-state index in [1.165, 1.54) is 6.07 Å². The number of phenolic OH excluding ortho intramolecular Hbond substituents is 1. The standard InChI is InChI=1S/C15H15BrFNO/c1-2-15(10-3-6-12(19)7-4-10)18-11-5-8-13(16)14(17)9-11/h3-9,15,18-19H,2H2,1H3. The molecule has 0 heterocycles. The highest BCUT2D eigenvalue weighted by molar-refractivity contribution is 9.10. The Hall–Kier alpha value is -1.55.